The minimum absolute atomic E-state index is 0.138. The molecule has 2 aromatic carbocycles. The molecule has 0 aliphatic carbocycles. The fourth-order valence-electron chi connectivity index (χ4n) is 3.00. The van der Waals surface area contributed by atoms with E-state index in [0.717, 1.165) is 12.0 Å². The highest BCUT2D eigenvalue weighted by molar-refractivity contribution is 7.89. The van der Waals surface area contributed by atoms with Crippen LogP contribution in [0.5, 0.6) is 0 Å². The number of hydrogen-bond donors (Lipinski definition) is 1. The molecule has 2 aromatic rings. The lowest BCUT2D eigenvalue weighted by molar-refractivity contribution is -0.118. The number of nitrogens with one attached hydrogen (secondary N) is 1. The summed E-state index contributed by atoms with van der Waals surface area (Å²) in [6.07, 6.45) is 1.18. The fourth-order valence-corrected chi connectivity index (χ4v) is 4.23. The van der Waals surface area contributed by atoms with Gasteiger partial charge in [0.05, 0.1) is 4.90 Å². The van der Waals surface area contributed by atoms with Crippen LogP contribution in [-0.2, 0) is 21.2 Å². The molecule has 1 heterocycles. The first-order valence-electron chi connectivity index (χ1n) is 8.50. The zero-order valence-corrected chi connectivity index (χ0v) is 15.5. The summed E-state index contributed by atoms with van der Waals surface area (Å²) < 4.78 is 41.0. The number of nitrogens with zero attached hydrogens (tertiary/aromatic N) is 1. The normalized spacial score (nSPS) is 17.7. The van der Waals surface area contributed by atoms with Crippen molar-refractivity contribution in [2.45, 2.75) is 37.6 Å². The molecule has 1 aliphatic heterocycles. The second kappa shape index (κ2) is 7.17. The van der Waals surface area contributed by atoms with Crippen molar-refractivity contribution in [1.29, 1.82) is 0 Å². The summed E-state index contributed by atoms with van der Waals surface area (Å²) in [7, 11) is -3.78. The first kappa shape index (κ1) is 18.5. The van der Waals surface area contributed by atoms with E-state index in [9.17, 15) is 17.6 Å². The Hall–Kier alpha value is -2.25. The Morgan fingerprint density at radius 3 is 2.50 bits per heavy atom. The zero-order valence-electron chi connectivity index (χ0n) is 14.7. The van der Waals surface area contributed by atoms with E-state index in [2.05, 4.69) is 4.72 Å². The largest absolute Gasteiger partial charge is 0.311 e. The van der Waals surface area contributed by atoms with Gasteiger partial charge in [-0.15, -0.1) is 0 Å². The van der Waals surface area contributed by atoms with Gasteiger partial charge in [0.1, 0.15) is 11.9 Å². The maximum absolute atomic E-state index is 13.4. The van der Waals surface area contributed by atoms with Gasteiger partial charge in [-0.3, -0.25) is 4.79 Å². The van der Waals surface area contributed by atoms with Gasteiger partial charge in [-0.1, -0.05) is 19.1 Å². The van der Waals surface area contributed by atoms with Gasteiger partial charge in [0, 0.05) is 12.2 Å². The Bertz CT molecular complexity index is 926. The van der Waals surface area contributed by atoms with E-state index in [1.165, 1.54) is 17.0 Å². The van der Waals surface area contributed by atoms with Crippen molar-refractivity contribution in [3.63, 3.8) is 0 Å². The van der Waals surface area contributed by atoms with E-state index in [0.29, 0.717) is 24.2 Å². The van der Waals surface area contributed by atoms with Gasteiger partial charge in [-0.05, 0) is 61.2 Å². The Morgan fingerprint density at radius 1 is 1.19 bits per heavy atom. The Balaban J connectivity index is 1.76. The summed E-state index contributed by atoms with van der Waals surface area (Å²) in [6.45, 7) is 4.00. The van der Waals surface area contributed by atoms with Crippen LogP contribution in [0.3, 0.4) is 0 Å². The van der Waals surface area contributed by atoms with Gasteiger partial charge in [-0.25, -0.2) is 12.8 Å². The van der Waals surface area contributed by atoms with Crippen LogP contribution >= 0.6 is 0 Å². The van der Waals surface area contributed by atoms with E-state index in [1.807, 2.05) is 6.92 Å². The van der Waals surface area contributed by atoms with Crippen LogP contribution < -0.4 is 9.62 Å². The number of rotatable bonds is 5. The number of amides is 1. The molecule has 1 aliphatic rings. The molecular weight excluding hydrogens is 355 g/mol. The molecule has 0 spiro atoms. The third kappa shape index (κ3) is 3.64. The van der Waals surface area contributed by atoms with Crippen LogP contribution in [0.15, 0.2) is 47.4 Å². The number of sulfonamides is 1. The quantitative estimate of drug-likeness (QED) is 0.873. The summed E-state index contributed by atoms with van der Waals surface area (Å²) in [6, 6.07) is 10.2. The van der Waals surface area contributed by atoms with Crippen molar-refractivity contribution in [3.8, 4) is 0 Å². The van der Waals surface area contributed by atoms with Crippen LogP contribution in [0.2, 0.25) is 0 Å². The van der Waals surface area contributed by atoms with E-state index >= 15 is 0 Å². The predicted octanol–water partition coefficient (Wildman–Crippen LogP) is 2.78. The summed E-state index contributed by atoms with van der Waals surface area (Å²) in [5.74, 6) is -0.669. The summed E-state index contributed by atoms with van der Waals surface area (Å²) in [5, 5.41) is 0. The third-order valence-corrected chi connectivity index (χ3v) is 6.09. The number of hydrogen-bond acceptors (Lipinski definition) is 3. The molecule has 0 bridgehead atoms. The van der Waals surface area contributed by atoms with Gasteiger partial charge < -0.3 is 4.90 Å². The molecule has 1 atom stereocenters. The number of carbonyl (C=O) groups is 1. The van der Waals surface area contributed by atoms with E-state index in [1.54, 1.807) is 37.3 Å². The van der Waals surface area contributed by atoms with E-state index in [-0.39, 0.29) is 16.6 Å². The molecule has 1 saturated heterocycles. The monoisotopic (exact) mass is 376 g/mol. The predicted molar refractivity (Wildman–Crippen MR) is 98.0 cm³/mol. The average Bonchev–Trinajstić information content (AvgIpc) is 2.97. The number of carbonyl (C=O) groups excluding carboxylic acids is 1. The highest BCUT2D eigenvalue weighted by Crippen LogP contribution is 2.24. The van der Waals surface area contributed by atoms with Crippen molar-refractivity contribution in [2.24, 2.45) is 0 Å². The lowest BCUT2D eigenvalue weighted by atomic mass is 10.2. The number of benzene rings is 2. The summed E-state index contributed by atoms with van der Waals surface area (Å²) >= 11 is 0. The second-order valence-corrected chi connectivity index (χ2v) is 8.10. The highest BCUT2D eigenvalue weighted by Gasteiger charge is 2.35. The van der Waals surface area contributed by atoms with E-state index in [4.69, 9.17) is 0 Å². The van der Waals surface area contributed by atoms with Crippen molar-refractivity contribution < 1.29 is 17.6 Å². The van der Waals surface area contributed by atoms with Crippen LogP contribution in [0, 0.1) is 12.7 Å². The van der Waals surface area contributed by atoms with Crippen molar-refractivity contribution in [3.05, 3.63) is 59.4 Å². The summed E-state index contributed by atoms with van der Waals surface area (Å²) in [5.41, 5.74) is 2.05. The molecule has 1 amide bonds. The molecule has 0 unspecified atom stereocenters. The Morgan fingerprint density at radius 2 is 1.88 bits per heavy atom. The first-order valence-corrected chi connectivity index (χ1v) is 9.99. The van der Waals surface area contributed by atoms with Crippen LogP contribution in [0.25, 0.3) is 0 Å². The van der Waals surface area contributed by atoms with Gasteiger partial charge in [0.15, 0.2) is 0 Å². The third-order valence-electron chi connectivity index (χ3n) is 4.60. The van der Waals surface area contributed by atoms with Crippen LogP contribution in [0.4, 0.5) is 10.1 Å². The molecule has 0 aromatic heterocycles. The molecular formula is C19H21FN2O3S. The SMILES string of the molecule is CCc1ccc(S(=O)(=O)N[C@@H]2CCN(c3ccc(F)c(C)c3)C2=O)cc1. The lowest BCUT2D eigenvalue weighted by Crippen LogP contribution is -2.41. The lowest BCUT2D eigenvalue weighted by Gasteiger charge is -2.18. The molecule has 1 N–H and O–H groups in total. The standard InChI is InChI=1S/C19H21FN2O3S/c1-3-14-4-7-16(8-5-14)26(24,25)21-18-10-11-22(19(18)23)15-6-9-17(20)13(2)12-15/h4-9,12,18,21H,3,10-11H2,1-2H3/t18-/m1/s1. The van der Waals surface area contributed by atoms with Gasteiger partial charge in [0.25, 0.3) is 0 Å². The zero-order chi connectivity index (χ0) is 18.9. The maximum Gasteiger partial charge on any atom is 0.245 e. The van der Waals surface area contributed by atoms with Crippen LogP contribution in [-0.4, -0.2) is 26.9 Å². The maximum atomic E-state index is 13.4. The number of anilines is 1. The molecule has 7 heteroatoms. The van der Waals surface area contributed by atoms with Crippen molar-refractivity contribution in [2.75, 3.05) is 11.4 Å². The van der Waals surface area contributed by atoms with Crippen molar-refractivity contribution >= 4 is 21.6 Å². The number of halogens is 1. The molecule has 5 nitrogen and oxygen atoms in total. The molecule has 138 valence electrons. The van der Waals surface area contributed by atoms with Crippen molar-refractivity contribution in [1.82, 2.24) is 4.72 Å². The topological polar surface area (TPSA) is 66.5 Å². The summed E-state index contributed by atoms with van der Waals surface area (Å²) in [4.78, 5) is 14.2. The minimum Gasteiger partial charge on any atom is -0.311 e. The van der Waals surface area contributed by atoms with Gasteiger partial charge in [-0.2, -0.15) is 4.72 Å². The smallest absolute Gasteiger partial charge is 0.245 e. The molecule has 1 fully saturated rings. The van der Waals surface area contributed by atoms with Gasteiger partial charge in [0.2, 0.25) is 15.9 Å². The average molecular weight is 376 g/mol. The molecule has 26 heavy (non-hydrogen) atoms. The van der Waals surface area contributed by atoms with E-state index < -0.39 is 16.1 Å². The minimum atomic E-state index is -3.78. The Labute approximate surface area is 152 Å². The number of aryl methyl sites for hydroxylation is 2. The van der Waals surface area contributed by atoms with Gasteiger partial charge >= 0.3 is 0 Å². The highest BCUT2D eigenvalue weighted by atomic mass is 32.2. The van der Waals surface area contributed by atoms with Crippen LogP contribution in [0.1, 0.15) is 24.5 Å². The second-order valence-electron chi connectivity index (χ2n) is 6.38. The molecule has 0 saturated carbocycles. The molecule has 3 rings (SSSR count). The molecule has 0 radical (unpaired) electrons. The Kier molecular flexibility index (Phi) is 5.11. The first-order chi connectivity index (χ1) is 12.3. The fraction of sp³-hybridized carbons (Fsp3) is 0.316.